The molecule has 2 rings (SSSR count). The zero-order chi connectivity index (χ0) is 14.5. The van der Waals surface area contributed by atoms with Crippen LogP contribution < -0.4 is 5.73 Å². The zero-order valence-electron chi connectivity index (χ0n) is 11.2. The van der Waals surface area contributed by atoms with Crippen molar-refractivity contribution in [2.45, 2.75) is 25.0 Å². The average Bonchev–Trinajstić information content (AvgIpc) is 2.97. The number of nitrogens with two attached hydrogens (primary N) is 1. The Morgan fingerprint density at radius 1 is 1.60 bits per heavy atom. The van der Waals surface area contributed by atoms with Crippen molar-refractivity contribution >= 4 is 17.7 Å². The topological polar surface area (TPSA) is 86.9 Å². The first-order valence-corrected chi connectivity index (χ1v) is 7.11. The Morgan fingerprint density at radius 3 is 3.00 bits per heavy atom. The first kappa shape index (κ1) is 14.4. The molecule has 106 valence electrons. The normalized spacial score (nSPS) is 10.7. The SMILES string of the molecule is C=CCn1c(SCCC(N)=O)nnc1-c1ccoc1C. The molecule has 0 aliphatic heterocycles. The summed E-state index contributed by atoms with van der Waals surface area (Å²) in [6.45, 7) is 6.21. The number of amides is 1. The van der Waals surface area contributed by atoms with Crippen molar-refractivity contribution in [2.24, 2.45) is 5.73 Å². The fraction of sp³-hybridized carbons (Fsp3) is 0.308. The molecule has 0 aromatic carbocycles. The lowest BCUT2D eigenvalue weighted by atomic mass is 10.2. The lowest BCUT2D eigenvalue weighted by Crippen LogP contribution is -2.11. The van der Waals surface area contributed by atoms with Crippen molar-refractivity contribution in [3.05, 3.63) is 30.7 Å². The Morgan fingerprint density at radius 2 is 2.40 bits per heavy atom. The summed E-state index contributed by atoms with van der Waals surface area (Å²) in [6, 6.07) is 1.86. The summed E-state index contributed by atoms with van der Waals surface area (Å²) >= 11 is 1.45. The van der Waals surface area contributed by atoms with Gasteiger partial charge in [-0.1, -0.05) is 17.8 Å². The number of primary amides is 1. The highest BCUT2D eigenvalue weighted by Crippen LogP contribution is 2.27. The van der Waals surface area contributed by atoms with Crippen LogP contribution in [0.2, 0.25) is 0 Å². The predicted octanol–water partition coefficient (Wildman–Crippen LogP) is 2.00. The average molecular weight is 292 g/mol. The lowest BCUT2D eigenvalue weighted by molar-refractivity contribution is -0.117. The van der Waals surface area contributed by atoms with Gasteiger partial charge in [-0.2, -0.15) is 0 Å². The quantitative estimate of drug-likeness (QED) is 0.623. The molecule has 2 heterocycles. The van der Waals surface area contributed by atoms with Crippen molar-refractivity contribution in [1.29, 1.82) is 0 Å². The number of carbonyl (C=O) groups excluding carboxylic acids is 1. The summed E-state index contributed by atoms with van der Waals surface area (Å²) in [5.41, 5.74) is 6.04. The van der Waals surface area contributed by atoms with Gasteiger partial charge < -0.3 is 10.2 Å². The van der Waals surface area contributed by atoms with Crippen LogP contribution in [0.25, 0.3) is 11.4 Å². The number of nitrogens with zero attached hydrogens (tertiary/aromatic N) is 3. The van der Waals surface area contributed by atoms with Crippen molar-refractivity contribution in [1.82, 2.24) is 14.8 Å². The summed E-state index contributed by atoms with van der Waals surface area (Å²) in [5.74, 6) is 1.78. The van der Waals surface area contributed by atoms with Crippen LogP contribution in [-0.2, 0) is 11.3 Å². The third kappa shape index (κ3) is 3.11. The number of aryl methyl sites for hydroxylation is 1. The first-order chi connectivity index (χ1) is 9.63. The van der Waals surface area contributed by atoms with Gasteiger partial charge in [0.25, 0.3) is 0 Å². The summed E-state index contributed by atoms with van der Waals surface area (Å²) < 4.78 is 7.24. The number of thioether (sulfide) groups is 1. The molecule has 2 aromatic rings. The summed E-state index contributed by atoms with van der Waals surface area (Å²) in [5, 5.41) is 9.10. The molecule has 0 saturated carbocycles. The summed E-state index contributed by atoms with van der Waals surface area (Å²) in [7, 11) is 0. The lowest BCUT2D eigenvalue weighted by Gasteiger charge is -2.06. The van der Waals surface area contributed by atoms with E-state index in [4.69, 9.17) is 10.2 Å². The third-order valence-corrected chi connectivity index (χ3v) is 3.68. The van der Waals surface area contributed by atoms with Gasteiger partial charge in [0.1, 0.15) is 5.76 Å². The number of hydrogen-bond donors (Lipinski definition) is 1. The van der Waals surface area contributed by atoms with Gasteiger partial charge in [0.2, 0.25) is 5.91 Å². The van der Waals surface area contributed by atoms with E-state index in [2.05, 4.69) is 16.8 Å². The minimum atomic E-state index is -0.321. The molecule has 0 aliphatic rings. The van der Waals surface area contributed by atoms with Gasteiger partial charge in [-0.3, -0.25) is 9.36 Å². The molecule has 1 amide bonds. The smallest absolute Gasteiger partial charge is 0.218 e. The van der Waals surface area contributed by atoms with E-state index in [9.17, 15) is 4.79 Å². The van der Waals surface area contributed by atoms with E-state index in [1.54, 1.807) is 12.3 Å². The van der Waals surface area contributed by atoms with Crippen LogP contribution in [-0.4, -0.2) is 26.4 Å². The minimum absolute atomic E-state index is 0.311. The van der Waals surface area contributed by atoms with E-state index in [0.717, 1.165) is 22.3 Å². The largest absolute Gasteiger partial charge is 0.469 e. The van der Waals surface area contributed by atoms with Crippen LogP contribution in [0.5, 0.6) is 0 Å². The molecule has 2 aromatic heterocycles. The zero-order valence-corrected chi connectivity index (χ0v) is 12.0. The van der Waals surface area contributed by atoms with E-state index >= 15 is 0 Å². The number of aromatic nitrogens is 3. The van der Waals surface area contributed by atoms with Crippen LogP contribution in [0.15, 0.2) is 34.6 Å². The second-order valence-electron chi connectivity index (χ2n) is 4.16. The van der Waals surface area contributed by atoms with Gasteiger partial charge in [0.15, 0.2) is 11.0 Å². The highest BCUT2D eigenvalue weighted by Gasteiger charge is 2.16. The van der Waals surface area contributed by atoms with Gasteiger partial charge >= 0.3 is 0 Å². The minimum Gasteiger partial charge on any atom is -0.469 e. The Labute approximate surface area is 121 Å². The van der Waals surface area contributed by atoms with Gasteiger partial charge in [-0.25, -0.2) is 0 Å². The molecule has 0 bridgehead atoms. The van der Waals surface area contributed by atoms with E-state index in [1.165, 1.54) is 11.8 Å². The number of rotatable bonds is 7. The summed E-state index contributed by atoms with van der Waals surface area (Å²) in [4.78, 5) is 10.8. The van der Waals surface area contributed by atoms with Gasteiger partial charge in [0.05, 0.1) is 11.8 Å². The van der Waals surface area contributed by atoms with Crippen LogP contribution in [0.1, 0.15) is 12.2 Å². The number of hydrogen-bond acceptors (Lipinski definition) is 5. The van der Waals surface area contributed by atoms with Gasteiger partial charge in [-0.15, -0.1) is 16.8 Å². The maximum atomic E-state index is 10.8. The Hall–Kier alpha value is -2.02. The number of carbonyl (C=O) groups is 1. The second-order valence-corrected chi connectivity index (χ2v) is 5.22. The molecule has 0 saturated heterocycles. The van der Waals surface area contributed by atoms with E-state index in [1.807, 2.05) is 17.6 Å². The van der Waals surface area contributed by atoms with Crippen molar-refractivity contribution in [3.63, 3.8) is 0 Å². The highest BCUT2D eigenvalue weighted by molar-refractivity contribution is 7.99. The molecule has 0 aliphatic carbocycles. The fourth-order valence-corrected chi connectivity index (χ4v) is 2.65. The van der Waals surface area contributed by atoms with E-state index in [-0.39, 0.29) is 5.91 Å². The van der Waals surface area contributed by atoms with Crippen LogP contribution in [0.4, 0.5) is 0 Å². The van der Waals surface area contributed by atoms with Crippen molar-refractivity contribution < 1.29 is 9.21 Å². The molecular formula is C13H16N4O2S. The van der Waals surface area contributed by atoms with Crippen molar-refractivity contribution in [3.8, 4) is 11.4 Å². The first-order valence-electron chi connectivity index (χ1n) is 6.13. The summed E-state index contributed by atoms with van der Waals surface area (Å²) in [6.07, 6.45) is 3.71. The molecule has 20 heavy (non-hydrogen) atoms. The second kappa shape index (κ2) is 6.42. The Bertz CT molecular complexity index is 618. The fourth-order valence-electron chi connectivity index (χ4n) is 1.75. The van der Waals surface area contributed by atoms with Crippen LogP contribution >= 0.6 is 11.8 Å². The van der Waals surface area contributed by atoms with Crippen LogP contribution in [0, 0.1) is 6.92 Å². The molecular weight excluding hydrogens is 276 g/mol. The molecule has 6 nitrogen and oxygen atoms in total. The van der Waals surface area contributed by atoms with Crippen molar-refractivity contribution in [2.75, 3.05) is 5.75 Å². The molecule has 2 N–H and O–H groups in total. The molecule has 0 spiro atoms. The Kier molecular flexibility index (Phi) is 4.62. The predicted molar refractivity (Wildman–Crippen MR) is 77.2 cm³/mol. The number of furan rings is 1. The van der Waals surface area contributed by atoms with Gasteiger partial charge in [0, 0.05) is 18.7 Å². The molecule has 7 heteroatoms. The Balaban J connectivity index is 2.25. The van der Waals surface area contributed by atoms with Crippen LogP contribution in [0.3, 0.4) is 0 Å². The molecule has 0 unspecified atom stereocenters. The highest BCUT2D eigenvalue weighted by atomic mass is 32.2. The molecule has 0 atom stereocenters. The molecule has 0 radical (unpaired) electrons. The van der Waals surface area contributed by atoms with Gasteiger partial charge in [-0.05, 0) is 13.0 Å². The monoisotopic (exact) mass is 292 g/mol. The van der Waals surface area contributed by atoms with E-state index < -0.39 is 0 Å². The maximum Gasteiger partial charge on any atom is 0.218 e. The number of allylic oxidation sites excluding steroid dienone is 1. The maximum absolute atomic E-state index is 10.8. The van der Waals surface area contributed by atoms with E-state index in [0.29, 0.717) is 18.7 Å². The standard InChI is InChI=1S/C13H16N4O2S/c1-3-6-17-12(10-4-7-19-9(10)2)15-16-13(17)20-8-5-11(14)18/h3-4,7H,1,5-6,8H2,2H3,(H2,14,18). The molecule has 0 fully saturated rings. The third-order valence-electron chi connectivity index (χ3n) is 2.71.